The van der Waals surface area contributed by atoms with Gasteiger partial charge < -0.3 is 29.6 Å². The van der Waals surface area contributed by atoms with Crippen LogP contribution in [0.4, 0.5) is 26.0 Å². The number of hydrogen-bond acceptors (Lipinski definition) is 9. The molecule has 43 heavy (non-hydrogen) atoms. The number of rotatable bonds is 9. The van der Waals surface area contributed by atoms with Crippen LogP contribution in [-0.2, 0) is 19.0 Å². The van der Waals surface area contributed by atoms with Gasteiger partial charge in [0.15, 0.2) is 5.83 Å². The van der Waals surface area contributed by atoms with Gasteiger partial charge in [-0.15, -0.1) is 0 Å². The second-order valence-electron chi connectivity index (χ2n) is 11.2. The molecule has 3 aromatic rings. The molecule has 4 atom stereocenters. The van der Waals surface area contributed by atoms with Crippen LogP contribution in [0, 0.1) is 23.6 Å². The third-order valence-electron chi connectivity index (χ3n) is 8.51. The normalized spacial score (nSPS) is 26.7. The average molecular weight is 614 g/mol. The first kappa shape index (κ1) is 28.4. The average Bonchev–Trinajstić information content (AvgIpc) is 3.31. The first-order valence-corrected chi connectivity index (χ1v) is 14.6. The number of anilines is 3. The monoisotopic (exact) mass is 613 g/mol. The minimum atomic E-state index is -0.916. The third-order valence-corrected chi connectivity index (χ3v) is 8.80. The number of nitrogens with one attached hydrogen (secondary N) is 2. The van der Waals surface area contributed by atoms with Crippen molar-refractivity contribution in [2.24, 2.45) is 17.8 Å². The van der Waals surface area contributed by atoms with Gasteiger partial charge in [-0.3, -0.25) is 9.69 Å². The predicted molar refractivity (Wildman–Crippen MR) is 155 cm³/mol. The number of carbonyl (C=O) groups is 1. The van der Waals surface area contributed by atoms with E-state index in [4.69, 9.17) is 30.5 Å². The first-order chi connectivity index (χ1) is 20.9. The fourth-order valence-corrected chi connectivity index (χ4v) is 6.25. The number of ether oxygens (including phenoxy) is 4. The zero-order valence-electron chi connectivity index (χ0n) is 23.1. The van der Waals surface area contributed by atoms with Crippen LogP contribution in [0.3, 0.4) is 0 Å². The minimum absolute atomic E-state index is 0.0372. The lowest BCUT2D eigenvalue weighted by Crippen LogP contribution is -2.36. The van der Waals surface area contributed by atoms with Crippen molar-refractivity contribution in [3.05, 3.63) is 59.4 Å². The van der Waals surface area contributed by atoms with E-state index >= 15 is 4.39 Å². The highest BCUT2D eigenvalue weighted by Gasteiger charge is 2.54. The Morgan fingerprint density at radius 3 is 2.63 bits per heavy atom. The molecule has 1 saturated carbocycles. The lowest BCUT2D eigenvalue weighted by molar-refractivity contribution is -0.116. The number of hydrogen-bond donors (Lipinski definition) is 2. The molecule has 3 aliphatic heterocycles. The van der Waals surface area contributed by atoms with E-state index in [1.165, 1.54) is 30.6 Å². The zero-order chi connectivity index (χ0) is 29.5. The van der Waals surface area contributed by atoms with Crippen molar-refractivity contribution >= 4 is 45.6 Å². The maximum absolute atomic E-state index is 15.1. The number of amides is 1. The molecule has 10 nitrogen and oxygen atoms in total. The van der Waals surface area contributed by atoms with Gasteiger partial charge in [0, 0.05) is 42.7 Å². The third kappa shape index (κ3) is 6.02. The molecule has 4 unspecified atom stereocenters. The highest BCUT2D eigenvalue weighted by molar-refractivity contribution is 6.31. The Kier molecular flexibility index (Phi) is 7.87. The summed E-state index contributed by atoms with van der Waals surface area (Å²) < 4.78 is 51.9. The standard InChI is InChI=1S/C30H30ClF2N5O5/c31-21-7-16(1-2-22(21)32)36-29-17-8-25(26(9-24(17)34-15-35-29)43-14-20-18-12-40-13-19(18)20)37-30(39)23(33)3-4-38-10-27-28(11-38)42-6-5-41-27/h1-3,7-9,15,18-20,27-28H,4-6,10-14H2,(H,37,39)(H,34,35,36). The molecule has 0 spiro atoms. The number of halogens is 3. The van der Waals surface area contributed by atoms with Crippen LogP contribution in [0.2, 0.25) is 5.02 Å². The molecule has 4 heterocycles. The van der Waals surface area contributed by atoms with Gasteiger partial charge in [0.05, 0.1) is 61.5 Å². The van der Waals surface area contributed by atoms with Gasteiger partial charge in [-0.25, -0.2) is 18.7 Å². The number of carbonyl (C=O) groups excluding carboxylic acids is 1. The Bertz CT molecular complexity index is 1550. The summed E-state index contributed by atoms with van der Waals surface area (Å²) in [4.78, 5) is 23.7. The van der Waals surface area contributed by atoms with Crippen molar-refractivity contribution in [2.75, 3.05) is 63.3 Å². The molecular weight excluding hydrogens is 584 g/mol. The van der Waals surface area contributed by atoms with E-state index in [1.807, 2.05) is 4.90 Å². The molecule has 1 aromatic heterocycles. The van der Waals surface area contributed by atoms with Crippen molar-refractivity contribution in [1.82, 2.24) is 14.9 Å². The van der Waals surface area contributed by atoms with Crippen molar-refractivity contribution < 1.29 is 32.5 Å². The van der Waals surface area contributed by atoms with E-state index in [1.54, 1.807) is 12.1 Å². The summed E-state index contributed by atoms with van der Waals surface area (Å²) in [5, 5.41) is 6.28. The molecule has 2 N–H and O–H groups in total. The Labute approximate surface area is 251 Å². The van der Waals surface area contributed by atoms with Crippen molar-refractivity contribution in [3.8, 4) is 5.75 Å². The van der Waals surface area contributed by atoms with Gasteiger partial charge in [0.25, 0.3) is 5.91 Å². The summed E-state index contributed by atoms with van der Waals surface area (Å²) in [6.45, 7) is 4.46. The summed E-state index contributed by atoms with van der Waals surface area (Å²) >= 11 is 5.95. The second-order valence-corrected chi connectivity index (χ2v) is 11.6. The molecule has 3 saturated heterocycles. The van der Waals surface area contributed by atoms with Crippen LogP contribution in [0.25, 0.3) is 10.9 Å². The number of fused-ring (bicyclic) bond motifs is 3. The smallest absolute Gasteiger partial charge is 0.284 e. The van der Waals surface area contributed by atoms with Crippen LogP contribution in [0.15, 0.2) is 48.6 Å². The molecule has 2 aromatic carbocycles. The molecule has 226 valence electrons. The Hall–Kier alpha value is -3.42. The predicted octanol–water partition coefficient (Wildman–Crippen LogP) is 4.33. The van der Waals surface area contributed by atoms with Gasteiger partial charge in [0.2, 0.25) is 0 Å². The molecule has 0 bridgehead atoms. The molecule has 7 rings (SSSR count). The molecule has 4 fully saturated rings. The molecular formula is C30H30ClF2N5O5. The van der Waals surface area contributed by atoms with Crippen molar-refractivity contribution in [3.63, 3.8) is 0 Å². The number of aromatic nitrogens is 2. The number of benzene rings is 2. The fourth-order valence-electron chi connectivity index (χ4n) is 6.07. The van der Waals surface area contributed by atoms with Crippen LogP contribution < -0.4 is 15.4 Å². The lowest BCUT2D eigenvalue weighted by atomic mass is 10.1. The van der Waals surface area contributed by atoms with Gasteiger partial charge in [-0.2, -0.15) is 0 Å². The molecule has 13 heteroatoms. The van der Waals surface area contributed by atoms with Crippen LogP contribution in [-0.4, -0.2) is 85.7 Å². The largest absolute Gasteiger partial charge is 0.491 e. The molecule has 1 aliphatic carbocycles. The fraction of sp³-hybridized carbons (Fsp3) is 0.433. The van der Waals surface area contributed by atoms with Gasteiger partial charge >= 0.3 is 0 Å². The Morgan fingerprint density at radius 2 is 1.88 bits per heavy atom. The Morgan fingerprint density at radius 1 is 1.12 bits per heavy atom. The lowest BCUT2D eigenvalue weighted by Gasteiger charge is -2.24. The SMILES string of the molecule is O=C(Nc1cc2c(Nc3ccc(F)c(Cl)c3)ncnc2cc1OCC1C2COCC21)C(F)=CCN1CC2OCCOC2C1. The van der Waals surface area contributed by atoms with E-state index in [0.29, 0.717) is 78.8 Å². The maximum atomic E-state index is 15.1. The van der Waals surface area contributed by atoms with E-state index in [-0.39, 0.29) is 29.5 Å². The topological polar surface area (TPSA) is 107 Å². The summed E-state index contributed by atoms with van der Waals surface area (Å²) in [6, 6.07) is 7.54. The van der Waals surface area contributed by atoms with Crippen LogP contribution >= 0.6 is 11.6 Å². The quantitative estimate of drug-likeness (QED) is 0.341. The molecule has 0 radical (unpaired) electrons. The minimum Gasteiger partial charge on any atom is -0.491 e. The van der Waals surface area contributed by atoms with E-state index < -0.39 is 17.6 Å². The summed E-state index contributed by atoms with van der Waals surface area (Å²) in [7, 11) is 0. The van der Waals surface area contributed by atoms with Crippen molar-refractivity contribution in [1.29, 1.82) is 0 Å². The van der Waals surface area contributed by atoms with Crippen LogP contribution in [0.5, 0.6) is 5.75 Å². The number of likely N-dealkylation sites (tertiary alicyclic amines) is 1. The van der Waals surface area contributed by atoms with Gasteiger partial charge in [-0.1, -0.05) is 11.6 Å². The maximum Gasteiger partial charge on any atom is 0.284 e. The first-order valence-electron chi connectivity index (χ1n) is 14.3. The molecule has 4 aliphatic rings. The summed E-state index contributed by atoms with van der Waals surface area (Å²) in [5.74, 6) is -0.284. The van der Waals surface area contributed by atoms with E-state index in [9.17, 15) is 9.18 Å². The Balaban J connectivity index is 1.12. The van der Waals surface area contributed by atoms with E-state index in [2.05, 4.69) is 20.6 Å². The highest BCUT2D eigenvalue weighted by Crippen LogP contribution is 2.51. The van der Waals surface area contributed by atoms with Gasteiger partial charge in [-0.05, 0) is 42.2 Å². The number of nitrogens with zero attached hydrogens (tertiary/aromatic N) is 3. The zero-order valence-corrected chi connectivity index (χ0v) is 23.9. The molecule has 1 amide bonds. The van der Waals surface area contributed by atoms with Crippen LogP contribution in [0.1, 0.15) is 0 Å². The van der Waals surface area contributed by atoms with Crippen molar-refractivity contribution in [2.45, 2.75) is 12.2 Å². The highest BCUT2D eigenvalue weighted by atomic mass is 35.5. The second kappa shape index (κ2) is 11.9. The van der Waals surface area contributed by atoms with Gasteiger partial charge in [0.1, 0.15) is 23.7 Å². The summed E-state index contributed by atoms with van der Waals surface area (Å²) in [5.41, 5.74) is 1.31. The summed E-state index contributed by atoms with van der Waals surface area (Å²) in [6.07, 6.45) is 2.57. The van der Waals surface area contributed by atoms with E-state index in [0.717, 1.165) is 13.2 Å².